The van der Waals surface area contributed by atoms with Gasteiger partial charge in [0.1, 0.15) is 6.04 Å². The lowest BCUT2D eigenvalue weighted by Crippen LogP contribution is -2.40. The molecule has 126 valence electrons. The van der Waals surface area contributed by atoms with Gasteiger partial charge in [0.05, 0.1) is 11.7 Å². The number of carbonyl (C=O) groups is 2. The fraction of sp³-hybridized carbons (Fsp3) is 0.211. The first-order valence-corrected chi connectivity index (χ1v) is 8.19. The van der Waals surface area contributed by atoms with Crippen LogP contribution in [-0.4, -0.2) is 37.5 Å². The Bertz CT molecular complexity index is 992. The minimum Gasteiger partial charge on any atom is -0.480 e. The summed E-state index contributed by atoms with van der Waals surface area (Å²) < 4.78 is 1.79. The van der Waals surface area contributed by atoms with E-state index in [1.165, 1.54) is 4.90 Å². The predicted molar refractivity (Wildman–Crippen MR) is 92.2 cm³/mol. The Morgan fingerprint density at radius 1 is 1.28 bits per heavy atom. The van der Waals surface area contributed by atoms with Crippen LogP contribution in [0.15, 0.2) is 48.8 Å². The second-order valence-corrected chi connectivity index (χ2v) is 6.16. The average molecular weight is 335 g/mol. The molecule has 6 nitrogen and oxygen atoms in total. The second kappa shape index (κ2) is 5.73. The summed E-state index contributed by atoms with van der Waals surface area (Å²) in [5.41, 5.74) is 4.25. The largest absolute Gasteiger partial charge is 0.480 e. The van der Waals surface area contributed by atoms with E-state index in [0.717, 1.165) is 22.2 Å². The van der Waals surface area contributed by atoms with Crippen molar-refractivity contribution in [3.63, 3.8) is 0 Å². The van der Waals surface area contributed by atoms with Gasteiger partial charge in [0.2, 0.25) is 0 Å². The number of carboxylic acids is 1. The highest BCUT2D eigenvalue weighted by Gasteiger charge is 2.35. The molecule has 4 rings (SSSR count). The minimum atomic E-state index is -0.966. The highest BCUT2D eigenvalue weighted by atomic mass is 16.4. The molecule has 0 fully saturated rings. The molecule has 0 saturated heterocycles. The third-order valence-corrected chi connectivity index (χ3v) is 4.73. The Hall–Kier alpha value is -3.15. The number of amides is 1. The van der Waals surface area contributed by atoms with E-state index in [-0.39, 0.29) is 5.91 Å². The summed E-state index contributed by atoms with van der Waals surface area (Å²) in [7, 11) is 0. The summed E-state index contributed by atoms with van der Waals surface area (Å²) >= 11 is 0. The fourth-order valence-electron chi connectivity index (χ4n) is 3.43. The van der Waals surface area contributed by atoms with E-state index < -0.39 is 12.0 Å². The molecule has 3 aromatic rings. The molecule has 0 aliphatic carbocycles. The van der Waals surface area contributed by atoms with Crippen molar-refractivity contribution in [1.29, 1.82) is 0 Å². The van der Waals surface area contributed by atoms with E-state index in [0.29, 0.717) is 18.5 Å². The molecule has 1 aromatic carbocycles. The number of nitrogens with zero attached hydrogens (tertiary/aromatic N) is 3. The zero-order chi connectivity index (χ0) is 17.6. The zero-order valence-corrected chi connectivity index (χ0v) is 13.7. The van der Waals surface area contributed by atoms with Gasteiger partial charge in [-0.15, -0.1) is 0 Å². The van der Waals surface area contributed by atoms with E-state index in [4.69, 9.17) is 0 Å². The van der Waals surface area contributed by atoms with Gasteiger partial charge < -0.3 is 10.0 Å². The summed E-state index contributed by atoms with van der Waals surface area (Å²) in [5, 5.41) is 13.7. The Kier molecular flexibility index (Phi) is 3.53. The minimum absolute atomic E-state index is 0.220. The van der Waals surface area contributed by atoms with Gasteiger partial charge in [-0.25, -0.2) is 9.31 Å². The highest BCUT2D eigenvalue weighted by molar-refractivity contribution is 6.01. The molecule has 1 aliphatic rings. The monoisotopic (exact) mass is 335 g/mol. The Morgan fingerprint density at radius 2 is 2.12 bits per heavy atom. The van der Waals surface area contributed by atoms with Gasteiger partial charge in [0, 0.05) is 23.9 Å². The third-order valence-electron chi connectivity index (χ3n) is 4.73. The van der Waals surface area contributed by atoms with E-state index in [1.807, 2.05) is 42.6 Å². The van der Waals surface area contributed by atoms with Crippen LogP contribution >= 0.6 is 0 Å². The highest BCUT2D eigenvalue weighted by Crippen LogP contribution is 2.31. The summed E-state index contributed by atoms with van der Waals surface area (Å²) in [6, 6.07) is 10.7. The van der Waals surface area contributed by atoms with Crippen molar-refractivity contribution in [2.24, 2.45) is 0 Å². The van der Waals surface area contributed by atoms with Crippen molar-refractivity contribution in [3.05, 3.63) is 59.9 Å². The van der Waals surface area contributed by atoms with Gasteiger partial charge in [-0.1, -0.05) is 25.1 Å². The van der Waals surface area contributed by atoms with E-state index in [1.54, 1.807) is 17.6 Å². The van der Waals surface area contributed by atoms with E-state index >= 15 is 0 Å². The second-order valence-electron chi connectivity index (χ2n) is 6.16. The molecule has 1 unspecified atom stereocenters. The van der Waals surface area contributed by atoms with E-state index in [2.05, 4.69) is 5.10 Å². The fourth-order valence-corrected chi connectivity index (χ4v) is 3.43. The Labute approximate surface area is 144 Å². The molecule has 1 atom stereocenters. The van der Waals surface area contributed by atoms with Crippen molar-refractivity contribution in [3.8, 4) is 11.1 Å². The van der Waals surface area contributed by atoms with Gasteiger partial charge >= 0.3 is 5.97 Å². The Balaban J connectivity index is 1.75. The molecular formula is C19H17N3O3. The first kappa shape index (κ1) is 15.4. The molecular weight excluding hydrogens is 318 g/mol. The topological polar surface area (TPSA) is 74.9 Å². The molecule has 0 radical (unpaired) electrons. The molecule has 3 heterocycles. The normalized spacial score (nSPS) is 14.8. The number of carbonyl (C=O) groups excluding carboxylic acids is 1. The van der Waals surface area contributed by atoms with Crippen LogP contribution < -0.4 is 0 Å². The number of aliphatic carboxylic acids is 1. The van der Waals surface area contributed by atoms with Crippen LogP contribution in [0, 0.1) is 0 Å². The quantitative estimate of drug-likeness (QED) is 0.795. The maximum absolute atomic E-state index is 12.7. The number of hydrogen-bond acceptors (Lipinski definition) is 3. The van der Waals surface area contributed by atoms with Crippen molar-refractivity contribution in [2.45, 2.75) is 25.9 Å². The number of hydrogen-bond donors (Lipinski definition) is 1. The maximum Gasteiger partial charge on any atom is 0.326 e. The SMILES string of the molecule is CCC(C(=O)O)N1Cc2ccc(-c3cnn4ccccc34)cc2C1=O. The lowest BCUT2D eigenvalue weighted by molar-refractivity contribution is -0.142. The Morgan fingerprint density at radius 3 is 2.88 bits per heavy atom. The molecule has 1 N–H and O–H groups in total. The lowest BCUT2D eigenvalue weighted by Gasteiger charge is -2.22. The van der Waals surface area contributed by atoms with E-state index in [9.17, 15) is 14.7 Å². The van der Waals surface area contributed by atoms with Crippen LogP contribution in [0.4, 0.5) is 0 Å². The molecule has 1 aliphatic heterocycles. The summed E-state index contributed by atoms with van der Waals surface area (Å²) in [5.74, 6) is -1.19. The van der Waals surface area contributed by atoms with Crippen LogP contribution in [0.1, 0.15) is 29.3 Å². The van der Waals surface area contributed by atoms with Crippen LogP contribution in [0.5, 0.6) is 0 Å². The van der Waals surface area contributed by atoms with Crippen LogP contribution in [0.25, 0.3) is 16.6 Å². The molecule has 0 saturated carbocycles. The summed E-state index contributed by atoms with van der Waals surface area (Å²) in [6.45, 7) is 2.12. The number of carboxylic acid groups (broad SMARTS) is 1. The summed E-state index contributed by atoms with van der Waals surface area (Å²) in [6.07, 6.45) is 4.04. The molecule has 6 heteroatoms. The zero-order valence-electron chi connectivity index (χ0n) is 13.7. The number of aromatic nitrogens is 2. The van der Waals surface area contributed by atoms with Gasteiger partial charge in [0.15, 0.2) is 0 Å². The maximum atomic E-state index is 12.7. The van der Waals surface area contributed by atoms with Crippen molar-refractivity contribution < 1.29 is 14.7 Å². The molecule has 0 spiro atoms. The lowest BCUT2D eigenvalue weighted by atomic mass is 10.0. The van der Waals surface area contributed by atoms with Gasteiger partial charge in [0.25, 0.3) is 5.91 Å². The number of benzene rings is 1. The number of pyridine rings is 1. The molecule has 0 bridgehead atoms. The third kappa shape index (κ3) is 2.38. The van der Waals surface area contributed by atoms with Crippen molar-refractivity contribution in [1.82, 2.24) is 14.5 Å². The van der Waals surface area contributed by atoms with Crippen LogP contribution in [0.2, 0.25) is 0 Å². The van der Waals surface area contributed by atoms with Crippen LogP contribution in [0.3, 0.4) is 0 Å². The van der Waals surface area contributed by atoms with Gasteiger partial charge in [-0.3, -0.25) is 4.79 Å². The van der Waals surface area contributed by atoms with Gasteiger partial charge in [-0.05, 0) is 35.7 Å². The predicted octanol–water partition coefficient (Wildman–Crippen LogP) is 2.82. The van der Waals surface area contributed by atoms with Crippen LogP contribution in [-0.2, 0) is 11.3 Å². The molecule has 1 amide bonds. The number of fused-ring (bicyclic) bond motifs is 2. The average Bonchev–Trinajstić information content (AvgIpc) is 3.17. The van der Waals surface area contributed by atoms with Crippen molar-refractivity contribution >= 4 is 17.4 Å². The molecule has 2 aromatic heterocycles. The standard InChI is InChI=1S/C19H17N3O3/c1-2-16(19(24)25)21-11-13-7-6-12(9-14(13)18(21)23)15-10-20-22-8-4-3-5-17(15)22/h3-10,16H,2,11H2,1H3,(H,24,25). The number of rotatable bonds is 4. The van der Waals surface area contributed by atoms with Crippen molar-refractivity contribution in [2.75, 3.05) is 0 Å². The first-order valence-electron chi connectivity index (χ1n) is 8.19. The smallest absolute Gasteiger partial charge is 0.326 e. The van der Waals surface area contributed by atoms with Gasteiger partial charge in [-0.2, -0.15) is 5.10 Å². The molecule has 25 heavy (non-hydrogen) atoms. The first-order chi connectivity index (χ1) is 12.1. The summed E-state index contributed by atoms with van der Waals surface area (Å²) in [4.78, 5) is 25.6.